The Labute approximate surface area is 155 Å². The Morgan fingerprint density at radius 1 is 1.32 bits per heavy atom. The molecule has 0 spiro atoms. The molecule has 2 saturated heterocycles. The lowest BCUT2D eigenvalue weighted by atomic mass is 9.90. The van der Waals surface area contributed by atoms with Crippen molar-refractivity contribution in [1.29, 1.82) is 0 Å². The van der Waals surface area contributed by atoms with E-state index in [0.29, 0.717) is 32.6 Å². The van der Waals surface area contributed by atoms with Crippen LogP contribution in [0.2, 0.25) is 0 Å². The summed E-state index contributed by atoms with van der Waals surface area (Å²) >= 11 is 0. The first-order valence-electron chi connectivity index (χ1n) is 8.72. The van der Waals surface area contributed by atoms with Crippen LogP contribution >= 0.6 is 12.4 Å². The molecule has 2 amide bonds. The van der Waals surface area contributed by atoms with Crippen molar-refractivity contribution in [1.82, 2.24) is 9.80 Å². The summed E-state index contributed by atoms with van der Waals surface area (Å²) in [4.78, 5) is 28.8. The van der Waals surface area contributed by atoms with Gasteiger partial charge in [-0.1, -0.05) is 36.8 Å². The summed E-state index contributed by atoms with van der Waals surface area (Å²) in [6.45, 7) is 7.36. The lowest BCUT2D eigenvalue weighted by Gasteiger charge is -2.24. The molecule has 2 unspecified atom stereocenters. The van der Waals surface area contributed by atoms with E-state index in [4.69, 9.17) is 5.73 Å². The van der Waals surface area contributed by atoms with Gasteiger partial charge in [-0.25, -0.2) is 0 Å². The van der Waals surface area contributed by atoms with Gasteiger partial charge >= 0.3 is 0 Å². The van der Waals surface area contributed by atoms with Gasteiger partial charge in [0, 0.05) is 32.6 Å². The Hall–Kier alpha value is -1.59. The molecule has 6 heteroatoms. The topological polar surface area (TPSA) is 66.6 Å². The molecule has 0 aromatic heterocycles. The van der Waals surface area contributed by atoms with Crippen LogP contribution in [-0.4, -0.2) is 47.8 Å². The third-order valence-electron chi connectivity index (χ3n) is 5.42. The van der Waals surface area contributed by atoms with Crippen molar-refractivity contribution in [3.05, 3.63) is 35.4 Å². The first kappa shape index (κ1) is 19.7. The summed E-state index contributed by atoms with van der Waals surface area (Å²) in [6, 6.07) is 8.20. The zero-order valence-electron chi connectivity index (χ0n) is 15.0. The highest BCUT2D eigenvalue weighted by molar-refractivity contribution is 5.89. The minimum atomic E-state index is -0.205. The number of amides is 2. The van der Waals surface area contributed by atoms with E-state index in [2.05, 4.69) is 19.1 Å². The highest BCUT2D eigenvalue weighted by Crippen LogP contribution is 2.31. The van der Waals surface area contributed by atoms with Crippen LogP contribution in [0.25, 0.3) is 0 Å². The van der Waals surface area contributed by atoms with Gasteiger partial charge in [0.25, 0.3) is 0 Å². The van der Waals surface area contributed by atoms with Crippen LogP contribution in [0.3, 0.4) is 0 Å². The van der Waals surface area contributed by atoms with Crippen molar-refractivity contribution in [2.45, 2.75) is 33.2 Å². The Morgan fingerprint density at radius 2 is 2.00 bits per heavy atom. The molecule has 0 aliphatic carbocycles. The van der Waals surface area contributed by atoms with Crippen molar-refractivity contribution < 1.29 is 9.59 Å². The normalized spacial score (nSPS) is 26.0. The molecule has 2 N–H and O–H groups in total. The Morgan fingerprint density at radius 3 is 2.60 bits per heavy atom. The van der Waals surface area contributed by atoms with Gasteiger partial charge in [-0.2, -0.15) is 0 Å². The summed E-state index contributed by atoms with van der Waals surface area (Å²) < 4.78 is 0. The molecule has 2 aliphatic rings. The van der Waals surface area contributed by atoms with E-state index >= 15 is 0 Å². The zero-order valence-corrected chi connectivity index (χ0v) is 15.8. The number of carbonyl (C=O) groups excluding carboxylic acids is 2. The number of hydrogen-bond acceptors (Lipinski definition) is 3. The Bertz CT molecular complexity index is 634. The minimum absolute atomic E-state index is 0. The summed E-state index contributed by atoms with van der Waals surface area (Å²) in [7, 11) is 0. The van der Waals surface area contributed by atoms with E-state index in [9.17, 15) is 9.59 Å². The van der Waals surface area contributed by atoms with Crippen molar-refractivity contribution in [3.8, 4) is 0 Å². The molecule has 2 fully saturated rings. The van der Waals surface area contributed by atoms with Crippen molar-refractivity contribution >= 4 is 24.2 Å². The summed E-state index contributed by atoms with van der Waals surface area (Å²) in [6.07, 6.45) is 1.28. The van der Waals surface area contributed by atoms with E-state index in [1.54, 1.807) is 0 Å². The van der Waals surface area contributed by atoms with Crippen LogP contribution in [-0.2, 0) is 16.1 Å². The second kappa shape index (κ2) is 7.75. The van der Waals surface area contributed by atoms with Crippen LogP contribution < -0.4 is 5.73 Å². The number of likely N-dealkylation sites (tertiary alicyclic amines) is 2. The van der Waals surface area contributed by atoms with Crippen LogP contribution in [0.5, 0.6) is 0 Å². The second-order valence-corrected chi connectivity index (χ2v) is 7.69. The fourth-order valence-corrected chi connectivity index (χ4v) is 3.64. The average molecular weight is 366 g/mol. The van der Waals surface area contributed by atoms with E-state index in [1.807, 2.05) is 28.9 Å². The highest BCUT2D eigenvalue weighted by atomic mass is 35.5. The van der Waals surface area contributed by atoms with Crippen LogP contribution in [0, 0.1) is 18.3 Å². The van der Waals surface area contributed by atoms with Gasteiger partial charge in [-0.15, -0.1) is 12.4 Å². The molecular formula is C19H28ClN3O2. The standard InChI is InChI=1S/C19H27N3O2.ClH/c1-14-3-5-15(6-4-14)10-22-11-16(9-17(22)23)18(24)21-8-7-19(2,12-20)13-21;/h3-6,16H,7-13,20H2,1-2H3;1H. The Balaban J connectivity index is 0.00000225. The fraction of sp³-hybridized carbons (Fsp3) is 0.579. The maximum atomic E-state index is 12.7. The highest BCUT2D eigenvalue weighted by Gasteiger charge is 2.41. The number of nitrogens with zero attached hydrogens (tertiary/aromatic N) is 2. The van der Waals surface area contributed by atoms with Crippen LogP contribution in [0.15, 0.2) is 24.3 Å². The number of nitrogens with two attached hydrogens (primary N) is 1. The maximum absolute atomic E-state index is 12.7. The monoisotopic (exact) mass is 365 g/mol. The van der Waals surface area contributed by atoms with Gasteiger partial charge < -0.3 is 15.5 Å². The molecule has 2 aliphatic heterocycles. The predicted molar refractivity (Wildman–Crippen MR) is 100 cm³/mol. The summed E-state index contributed by atoms with van der Waals surface area (Å²) in [5.41, 5.74) is 8.17. The number of hydrogen-bond donors (Lipinski definition) is 1. The average Bonchev–Trinajstić information content (AvgIpc) is 3.13. The fourth-order valence-electron chi connectivity index (χ4n) is 3.64. The van der Waals surface area contributed by atoms with Crippen molar-refractivity contribution in [2.75, 3.05) is 26.2 Å². The molecule has 2 heterocycles. The molecule has 0 saturated carbocycles. The van der Waals surface area contributed by atoms with Gasteiger partial charge in [-0.05, 0) is 30.9 Å². The first-order valence-corrected chi connectivity index (χ1v) is 8.72. The quantitative estimate of drug-likeness (QED) is 0.887. The number of rotatable bonds is 4. The molecule has 25 heavy (non-hydrogen) atoms. The van der Waals surface area contributed by atoms with E-state index in [-0.39, 0.29) is 35.6 Å². The second-order valence-electron chi connectivity index (χ2n) is 7.69. The molecule has 0 bridgehead atoms. The number of aryl methyl sites for hydroxylation is 1. The SMILES string of the molecule is Cc1ccc(CN2CC(C(=O)N3CCC(C)(CN)C3)CC2=O)cc1.Cl. The molecule has 0 radical (unpaired) electrons. The Kier molecular flexibility index (Phi) is 6.12. The molecule has 5 nitrogen and oxygen atoms in total. The minimum Gasteiger partial charge on any atom is -0.342 e. The molecule has 1 aromatic carbocycles. The van der Waals surface area contributed by atoms with Gasteiger partial charge in [0.05, 0.1) is 5.92 Å². The molecule has 3 rings (SSSR count). The summed E-state index contributed by atoms with van der Waals surface area (Å²) in [5, 5.41) is 0. The number of halogens is 1. The van der Waals surface area contributed by atoms with Gasteiger partial charge in [0.1, 0.15) is 0 Å². The smallest absolute Gasteiger partial charge is 0.228 e. The van der Waals surface area contributed by atoms with E-state index < -0.39 is 0 Å². The van der Waals surface area contributed by atoms with Crippen LogP contribution in [0.1, 0.15) is 30.9 Å². The van der Waals surface area contributed by atoms with Gasteiger partial charge in [0.2, 0.25) is 11.8 Å². The van der Waals surface area contributed by atoms with E-state index in [0.717, 1.165) is 18.5 Å². The lowest BCUT2D eigenvalue weighted by Crippen LogP contribution is -2.38. The first-order chi connectivity index (χ1) is 11.4. The summed E-state index contributed by atoms with van der Waals surface area (Å²) in [5.74, 6) is -0.00953. The predicted octanol–water partition coefficient (Wildman–Crippen LogP) is 1.96. The zero-order chi connectivity index (χ0) is 17.3. The molecule has 138 valence electrons. The number of carbonyl (C=O) groups is 2. The number of benzene rings is 1. The molecule has 1 aromatic rings. The maximum Gasteiger partial charge on any atom is 0.228 e. The van der Waals surface area contributed by atoms with Crippen LogP contribution in [0.4, 0.5) is 0 Å². The van der Waals surface area contributed by atoms with Crippen molar-refractivity contribution in [3.63, 3.8) is 0 Å². The molecular weight excluding hydrogens is 338 g/mol. The van der Waals surface area contributed by atoms with E-state index in [1.165, 1.54) is 5.56 Å². The van der Waals surface area contributed by atoms with Crippen molar-refractivity contribution in [2.24, 2.45) is 17.1 Å². The third-order valence-corrected chi connectivity index (χ3v) is 5.42. The third kappa shape index (κ3) is 4.33. The molecule has 2 atom stereocenters. The largest absolute Gasteiger partial charge is 0.342 e. The van der Waals surface area contributed by atoms with Gasteiger partial charge in [0.15, 0.2) is 0 Å². The van der Waals surface area contributed by atoms with Gasteiger partial charge in [-0.3, -0.25) is 9.59 Å². The lowest BCUT2D eigenvalue weighted by molar-refractivity contribution is -0.135.